The third-order valence-electron chi connectivity index (χ3n) is 5.83. The van der Waals surface area contributed by atoms with Gasteiger partial charge in [-0.2, -0.15) is 26.3 Å². The van der Waals surface area contributed by atoms with Gasteiger partial charge >= 0.3 is 30.3 Å². The maximum atomic E-state index is 11.9. The highest BCUT2D eigenvalue weighted by Crippen LogP contribution is 2.33. The number of rotatable bonds is 9. The normalized spacial score (nSPS) is 10.6. The standard InChI is InChI=1S/C17H15N3O2S.C11H10N2O3S.2C2HF3O2/c18-17(19)15-9-12-13(7-4-8-14(12)23-15)22-10-16(21)20-11-5-2-1-3-6-11;12-11(13)9-4-6-7(16-5-10(14)15)2-1-3-8(6)17-9;2*3-2(4,5)1(6)7/h1-9H,10H2,(H3,18,19)(H,20,21);1-4H,5H2,(H3,12,13)(H,14,15);2*(H,6,7). The van der Waals surface area contributed by atoms with Crippen molar-refractivity contribution in [1.29, 1.82) is 10.8 Å². The van der Waals surface area contributed by atoms with Crippen LogP contribution in [0.4, 0.5) is 32.0 Å². The molecule has 5 aromatic rings. The van der Waals surface area contributed by atoms with Crippen molar-refractivity contribution < 1.29 is 70.3 Å². The number of amides is 1. The van der Waals surface area contributed by atoms with E-state index in [2.05, 4.69) is 5.32 Å². The van der Waals surface area contributed by atoms with Crippen LogP contribution in [0.3, 0.4) is 0 Å². The molecule has 0 saturated heterocycles. The molecule has 288 valence electrons. The Morgan fingerprint density at radius 3 is 1.39 bits per heavy atom. The number of ether oxygens (including phenoxy) is 2. The highest BCUT2D eigenvalue weighted by molar-refractivity contribution is 7.21. The van der Waals surface area contributed by atoms with Crippen molar-refractivity contribution in [2.75, 3.05) is 18.5 Å². The van der Waals surface area contributed by atoms with Crippen LogP contribution in [0.5, 0.6) is 11.5 Å². The van der Waals surface area contributed by atoms with Gasteiger partial charge in [0.05, 0.1) is 9.75 Å². The summed E-state index contributed by atoms with van der Waals surface area (Å²) in [5, 5.41) is 42.1. The molecule has 14 nitrogen and oxygen atoms in total. The molecule has 0 aliphatic rings. The molecule has 22 heteroatoms. The smallest absolute Gasteiger partial charge is 0.483 e. The van der Waals surface area contributed by atoms with E-state index in [1.165, 1.54) is 22.7 Å². The number of nitrogens with one attached hydrogen (secondary N) is 3. The number of fused-ring (bicyclic) bond motifs is 2. The number of para-hydroxylation sites is 1. The van der Waals surface area contributed by atoms with E-state index in [4.69, 9.17) is 56.7 Å². The second-order valence-corrected chi connectivity index (χ2v) is 12.0. The van der Waals surface area contributed by atoms with Crippen molar-refractivity contribution >= 4 is 84.0 Å². The van der Waals surface area contributed by atoms with Gasteiger partial charge in [0.1, 0.15) is 23.2 Å². The number of carboxylic acids is 3. The first-order valence-electron chi connectivity index (χ1n) is 14.3. The molecule has 0 saturated carbocycles. The monoisotopic (exact) mass is 803 g/mol. The summed E-state index contributed by atoms with van der Waals surface area (Å²) < 4.78 is 76.2. The topological polar surface area (TPSA) is 259 Å². The van der Waals surface area contributed by atoms with Gasteiger partial charge < -0.3 is 41.6 Å². The van der Waals surface area contributed by atoms with Gasteiger partial charge in [-0.25, -0.2) is 14.4 Å². The van der Waals surface area contributed by atoms with Crippen LogP contribution in [-0.2, 0) is 19.2 Å². The summed E-state index contributed by atoms with van der Waals surface area (Å²) in [5.74, 6) is -5.64. The quantitative estimate of drug-likeness (QED) is 0.0478. The molecular weight excluding hydrogens is 777 g/mol. The zero-order valence-corrected chi connectivity index (χ0v) is 28.6. The maximum absolute atomic E-state index is 11.9. The van der Waals surface area contributed by atoms with E-state index >= 15 is 0 Å². The molecule has 0 aliphatic carbocycles. The second-order valence-electron chi connectivity index (χ2n) is 9.88. The summed E-state index contributed by atoms with van der Waals surface area (Å²) in [4.78, 5) is 41.5. The minimum absolute atomic E-state index is 0.00427. The van der Waals surface area contributed by atoms with Crippen molar-refractivity contribution in [1.82, 2.24) is 0 Å². The predicted octanol–water partition coefficient (Wildman–Crippen LogP) is 6.12. The Bertz CT molecular complexity index is 2100. The third-order valence-corrected chi connectivity index (χ3v) is 8.09. The Morgan fingerprint density at radius 2 is 1.04 bits per heavy atom. The van der Waals surface area contributed by atoms with E-state index in [9.17, 15) is 35.9 Å². The number of thiophene rings is 2. The van der Waals surface area contributed by atoms with Crippen LogP contribution in [0, 0.1) is 10.8 Å². The highest BCUT2D eigenvalue weighted by atomic mass is 32.1. The van der Waals surface area contributed by atoms with Crippen LogP contribution in [0.1, 0.15) is 9.75 Å². The first-order chi connectivity index (χ1) is 25.1. The summed E-state index contributed by atoms with van der Waals surface area (Å²) in [7, 11) is 0. The fourth-order valence-electron chi connectivity index (χ4n) is 3.59. The molecule has 0 bridgehead atoms. The Balaban J connectivity index is 0.000000284. The maximum Gasteiger partial charge on any atom is 0.490 e. The predicted molar refractivity (Wildman–Crippen MR) is 187 cm³/mol. The molecule has 0 atom stereocenters. The number of amidine groups is 2. The highest BCUT2D eigenvalue weighted by Gasteiger charge is 2.38. The van der Waals surface area contributed by atoms with Gasteiger partial charge in [0.25, 0.3) is 5.91 Å². The zero-order valence-electron chi connectivity index (χ0n) is 26.9. The molecule has 0 spiro atoms. The largest absolute Gasteiger partial charge is 0.490 e. The average molecular weight is 804 g/mol. The van der Waals surface area contributed by atoms with Gasteiger partial charge in [-0.3, -0.25) is 15.6 Å². The molecule has 0 radical (unpaired) electrons. The molecule has 3 aromatic carbocycles. The first kappa shape index (κ1) is 43.7. The van der Waals surface area contributed by atoms with E-state index in [0.717, 1.165) is 25.9 Å². The molecule has 2 aromatic heterocycles. The van der Waals surface area contributed by atoms with Crippen LogP contribution >= 0.6 is 22.7 Å². The summed E-state index contributed by atoms with van der Waals surface area (Å²) >= 11 is 2.80. The Labute approximate surface area is 307 Å². The van der Waals surface area contributed by atoms with Crippen LogP contribution in [0.2, 0.25) is 0 Å². The third kappa shape index (κ3) is 14.3. The lowest BCUT2D eigenvalue weighted by atomic mass is 10.2. The summed E-state index contributed by atoms with van der Waals surface area (Å²) in [6.07, 6.45) is -10.2. The van der Waals surface area contributed by atoms with Crippen LogP contribution in [0.15, 0.2) is 78.9 Å². The second kappa shape index (κ2) is 19.4. The van der Waals surface area contributed by atoms with Crippen molar-refractivity contribution in [3.63, 3.8) is 0 Å². The number of carbonyl (C=O) groups is 4. The molecular formula is C32H27F6N5O9S2. The molecule has 2 heterocycles. The van der Waals surface area contributed by atoms with Crippen LogP contribution in [0.25, 0.3) is 20.2 Å². The average Bonchev–Trinajstić information content (AvgIpc) is 3.73. The number of benzene rings is 3. The number of hydrogen-bond donors (Lipinski definition) is 8. The number of nitrogen functional groups attached to an aromatic ring is 2. The number of carboxylic acid groups (broad SMARTS) is 3. The first-order valence-corrected chi connectivity index (χ1v) is 15.9. The summed E-state index contributed by atoms with van der Waals surface area (Å²) in [6, 6.07) is 23.7. The van der Waals surface area contributed by atoms with Crippen molar-refractivity contribution in [3.8, 4) is 11.5 Å². The van der Waals surface area contributed by atoms with Gasteiger partial charge in [0, 0.05) is 25.9 Å². The van der Waals surface area contributed by atoms with E-state index < -0.39 is 30.3 Å². The van der Waals surface area contributed by atoms with E-state index in [0.29, 0.717) is 21.3 Å². The number of alkyl halides is 6. The number of anilines is 1. The van der Waals surface area contributed by atoms with Crippen molar-refractivity contribution in [3.05, 3.63) is 88.6 Å². The van der Waals surface area contributed by atoms with Crippen molar-refractivity contribution in [2.45, 2.75) is 12.4 Å². The number of halogens is 6. The molecule has 54 heavy (non-hydrogen) atoms. The molecule has 0 aliphatic heterocycles. The van der Waals surface area contributed by atoms with Gasteiger partial charge in [-0.1, -0.05) is 30.3 Å². The van der Waals surface area contributed by atoms with Crippen molar-refractivity contribution in [2.24, 2.45) is 11.5 Å². The molecule has 5 rings (SSSR count). The lowest BCUT2D eigenvalue weighted by molar-refractivity contribution is -0.193. The van der Waals surface area contributed by atoms with Crippen LogP contribution < -0.4 is 26.3 Å². The van der Waals surface area contributed by atoms with Gasteiger partial charge in [0.2, 0.25) is 0 Å². The number of carbonyl (C=O) groups excluding carboxylic acids is 1. The molecule has 0 fully saturated rings. The number of nitrogens with two attached hydrogens (primary N) is 2. The van der Waals surface area contributed by atoms with Gasteiger partial charge in [-0.05, 0) is 48.5 Å². The Hall–Kier alpha value is -6.42. The van der Waals surface area contributed by atoms with E-state index in [1.807, 2.05) is 54.6 Å². The SMILES string of the molecule is N=C(N)c1cc2c(OCC(=O)Nc3ccccc3)cccc2s1.N=C(N)c1cc2c(OCC(=O)O)cccc2s1.O=C(O)C(F)(F)F.O=C(O)C(F)(F)F. The molecule has 10 N–H and O–H groups in total. The van der Waals surface area contributed by atoms with Gasteiger partial charge in [-0.15, -0.1) is 22.7 Å². The molecule has 0 unspecified atom stereocenters. The minimum Gasteiger partial charge on any atom is -0.483 e. The number of hydrogen-bond acceptors (Lipinski definition) is 10. The fourth-order valence-corrected chi connectivity index (χ4v) is 5.47. The fraction of sp³-hybridized carbons (Fsp3) is 0.125. The van der Waals surface area contributed by atoms with Crippen LogP contribution in [-0.4, -0.2) is 76.4 Å². The van der Waals surface area contributed by atoms with E-state index in [-0.39, 0.29) is 30.8 Å². The number of aliphatic carboxylic acids is 3. The lowest BCUT2D eigenvalue weighted by Gasteiger charge is -2.08. The Morgan fingerprint density at radius 1 is 0.648 bits per heavy atom. The molecule has 1 amide bonds. The summed E-state index contributed by atoms with van der Waals surface area (Å²) in [6.45, 7) is -0.469. The summed E-state index contributed by atoms with van der Waals surface area (Å²) in [5.41, 5.74) is 11.7. The Kier molecular flexibility index (Phi) is 15.7. The van der Waals surface area contributed by atoms with E-state index in [1.54, 1.807) is 24.3 Å². The zero-order chi connectivity index (χ0) is 40.8. The lowest BCUT2D eigenvalue weighted by Crippen LogP contribution is -2.21. The van der Waals surface area contributed by atoms with Gasteiger partial charge in [0.15, 0.2) is 13.2 Å². The minimum atomic E-state index is -5.08.